The van der Waals surface area contributed by atoms with Crippen molar-refractivity contribution in [3.63, 3.8) is 0 Å². The molecule has 2 aromatic heterocycles. The van der Waals surface area contributed by atoms with E-state index in [1.807, 2.05) is 37.3 Å². The number of nitrogens with one attached hydrogen (secondary N) is 1. The van der Waals surface area contributed by atoms with Crippen molar-refractivity contribution in [2.24, 2.45) is 0 Å². The molecule has 0 aliphatic heterocycles. The molecule has 0 saturated heterocycles. The lowest BCUT2D eigenvalue weighted by molar-refractivity contribution is -0.119. The number of hydrogen-bond acceptors (Lipinski definition) is 5. The third-order valence-electron chi connectivity index (χ3n) is 4.89. The number of thiophene rings is 1. The van der Waals surface area contributed by atoms with Crippen molar-refractivity contribution in [1.29, 1.82) is 0 Å². The van der Waals surface area contributed by atoms with Crippen LogP contribution in [-0.2, 0) is 11.2 Å². The van der Waals surface area contributed by atoms with E-state index in [0.29, 0.717) is 5.75 Å². The molecule has 154 valence electrons. The zero-order valence-electron chi connectivity index (χ0n) is 17.6. The number of carbonyl (C=O) groups is 1. The number of thioether (sulfide) groups is 1. The second kappa shape index (κ2) is 9.59. The molecule has 0 saturated carbocycles. The summed E-state index contributed by atoms with van der Waals surface area (Å²) in [7, 11) is 0. The van der Waals surface area contributed by atoms with Crippen molar-refractivity contribution in [1.82, 2.24) is 20.1 Å². The van der Waals surface area contributed by atoms with E-state index in [2.05, 4.69) is 53.2 Å². The van der Waals surface area contributed by atoms with E-state index in [-0.39, 0.29) is 18.0 Å². The Hall–Kier alpha value is -2.12. The summed E-state index contributed by atoms with van der Waals surface area (Å²) in [5.41, 5.74) is 3.58. The topological polar surface area (TPSA) is 59.8 Å². The van der Waals surface area contributed by atoms with Gasteiger partial charge in [0, 0.05) is 21.9 Å². The molecule has 1 unspecified atom stereocenters. The molecule has 3 rings (SSSR count). The smallest absolute Gasteiger partial charge is 0.230 e. The number of aryl methyl sites for hydroxylation is 1. The predicted octanol–water partition coefficient (Wildman–Crippen LogP) is 5.43. The monoisotopic (exact) mass is 428 g/mol. The molecule has 1 atom stereocenters. The minimum absolute atomic E-state index is 0.00756. The van der Waals surface area contributed by atoms with E-state index in [9.17, 15) is 4.79 Å². The lowest BCUT2D eigenvalue weighted by atomic mass is 10.1. The Morgan fingerprint density at radius 3 is 2.59 bits per heavy atom. The first-order valence-corrected chi connectivity index (χ1v) is 11.8. The van der Waals surface area contributed by atoms with Crippen LogP contribution < -0.4 is 5.32 Å². The lowest BCUT2D eigenvalue weighted by Gasteiger charge is -2.15. The maximum Gasteiger partial charge on any atom is 0.230 e. The molecule has 3 aromatic rings. The van der Waals surface area contributed by atoms with Gasteiger partial charge in [0.25, 0.3) is 0 Å². The van der Waals surface area contributed by atoms with E-state index in [1.54, 1.807) is 11.3 Å². The zero-order valence-corrected chi connectivity index (χ0v) is 19.2. The number of aromatic nitrogens is 3. The molecule has 1 amide bonds. The largest absolute Gasteiger partial charge is 0.349 e. The summed E-state index contributed by atoms with van der Waals surface area (Å²) in [5.74, 6) is 1.19. The first-order chi connectivity index (χ1) is 13.9. The molecule has 5 nitrogen and oxygen atoms in total. The number of hydrogen-bond donors (Lipinski definition) is 1. The van der Waals surface area contributed by atoms with Crippen LogP contribution in [0.2, 0.25) is 0 Å². The highest BCUT2D eigenvalue weighted by atomic mass is 32.2. The van der Waals surface area contributed by atoms with Gasteiger partial charge in [0.15, 0.2) is 11.0 Å². The van der Waals surface area contributed by atoms with Crippen molar-refractivity contribution in [3.8, 4) is 11.4 Å². The Labute approximate surface area is 180 Å². The van der Waals surface area contributed by atoms with Crippen molar-refractivity contribution in [2.45, 2.75) is 58.3 Å². The molecular formula is C22H28N4OS2. The van der Waals surface area contributed by atoms with Gasteiger partial charge < -0.3 is 5.32 Å². The van der Waals surface area contributed by atoms with Gasteiger partial charge in [-0.2, -0.15) is 0 Å². The van der Waals surface area contributed by atoms with Gasteiger partial charge in [-0.25, -0.2) is 0 Å². The minimum atomic E-state index is -0.0243. The molecule has 1 aromatic carbocycles. The van der Waals surface area contributed by atoms with Gasteiger partial charge in [-0.1, -0.05) is 49.0 Å². The van der Waals surface area contributed by atoms with Crippen LogP contribution in [0.5, 0.6) is 0 Å². The molecule has 1 N–H and O–H groups in total. The summed E-state index contributed by atoms with van der Waals surface area (Å²) in [6, 6.07) is 10.2. The van der Waals surface area contributed by atoms with E-state index in [1.165, 1.54) is 22.2 Å². The van der Waals surface area contributed by atoms with Crippen LogP contribution in [0.3, 0.4) is 0 Å². The van der Waals surface area contributed by atoms with Crippen molar-refractivity contribution in [3.05, 3.63) is 51.7 Å². The third-order valence-corrected chi connectivity index (χ3v) is 6.79. The van der Waals surface area contributed by atoms with Gasteiger partial charge in [-0.05, 0) is 45.2 Å². The Morgan fingerprint density at radius 1 is 1.21 bits per heavy atom. The first kappa shape index (κ1) is 21.6. The fourth-order valence-electron chi connectivity index (χ4n) is 3.37. The highest BCUT2D eigenvalue weighted by Crippen LogP contribution is 2.34. The molecule has 7 heteroatoms. The predicted molar refractivity (Wildman–Crippen MR) is 122 cm³/mol. The average molecular weight is 429 g/mol. The SMILES string of the molecule is CCc1c(-c2nnc(SCC(=O)NC(C)c3ccccc3)n2C(C)C)csc1C. The Balaban J connectivity index is 1.73. The van der Waals surface area contributed by atoms with Crippen molar-refractivity contribution in [2.75, 3.05) is 5.75 Å². The summed E-state index contributed by atoms with van der Waals surface area (Å²) < 4.78 is 2.14. The molecule has 2 heterocycles. The fraction of sp³-hybridized carbons (Fsp3) is 0.409. The molecule has 0 spiro atoms. The number of benzene rings is 1. The summed E-state index contributed by atoms with van der Waals surface area (Å²) in [5, 5.41) is 14.9. The van der Waals surface area contributed by atoms with Crippen LogP contribution in [0.25, 0.3) is 11.4 Å². The van der Waals surface area contributed by atoms with Crippen LogP contribution in [-0.4, -0.2) is 26.4 Å². The summed E-state index contributed by atoms with van der Waals surface area (Å²) in [6.45, 7) is 10.6. The van der Waals surface area contributed by atoms with E-state index in [0.717, 1.165) is 28.5 Å². The van der Waals surface area contributed by atoms with E-state index < -0.39 is 0 Å². The molecular weight excluding hydrogens is 400 g/mol. The molecule has 0 aliphatic rings. The maximum atomic E-state index is 12.5. The summed E-state index contributed by atoms with van der Waals surface area (Å²) in [4.78, 5) is 13.8. The standard InChI is InChI=1S/C22H28N4OS2/c1-6-18-16(5)28-12-19(18)21-24-25-22(26(21)14(2)3)29-13-20(27)23-15(4)17-10-8-7-9-11-17/h7-12,14-15H,6,13H2,1-5H3,(H,23,27). The van der Waals surface area contributed by atoms with Gasteiger partial charge in [0.2, 0.25) is 5.91 Å². The minimum Gasteiger partial charge on any atom is -0.349 e. The Bertz CT molecular complexity index is 963. The summed E-state index contributed by atoms with van der Waals surface area (Å²) >= 11 is 3.19. The Morgan fingerprint density at radius 2 is 1.93 bits per heavy atom. The van der Waals surface area contributed by atoms with Crippen molar-refractivity contribution >= 4 is 29.0 Å². The Kier molecular flexibility index (Phi) is 7.14. The van der Waals surface area contributed by atoms with Crippen LogP contribution in [0, 0.1) is 6.92 Å². The van der Waals surface area contributed by atoms with E-state index in [4.69, 9.17) is 0 Å². The van der Waals surface area contributed by atoms with Crippen LogP contribution in [0.15, 0.2) is 40.9 Å². The zero-order chi connectivity index (χ0) is 21.0. The molecule has 0 radical (unpaired) electrons. The van der Waals surface area contributed by atoms with Crippen molar-refractivity contribution < 1.29 is 4.79 Å². The van der Waals surface area contributed by atoms with Gasteiger partial charge >= 0.3 is 0 Å². The molecule has 0 fully saturated rings. The second-order valence-corrected chi connectivity index (χ2v) is 9.32. The van der Waals surface area contributed by atoms with E-state index >= 15 is 0 Å². The van der Waals surface area contributed by atoms with Gasteiger partial charge in [-0.15, -0.1) is 21.5 Å². The van der Waals surface area contributed by atoms with Gasteiger partial charge in [0.05, 0.1) is 11.8 Å². The van der Waals surface area contributed by atoms with Crippen LogP contribution in [0.1, 0.15) is 55.8 Å². The third kappa shape index (κ3) is 4.90. The lowest BCUT2D eigenvalue weighted by Crippen LogP contribution is -2.28. The highest BCUT2D eigenvalue weighted by molar-refractivity contribution is 7.99. The number of carbonyl (C=O) groups excluding carboxylic acids is 1. The molecule has 0 bridgehead atoms. The number of amides is 1. The fourth-order valence-corrected chi connectivity index (χ4v) is 5.19. The normalized spacial score (nSPS) is 12.3. The second-order valence-electron chi connectivity index (χ2n) is 7.30. The number of nitrogens with zero attached hydrogens (tertiary/aromatic N) is 3. The summed E-state index contributed by atoms with van der Waals surface area (Å²) in [6.07, 6.45) is 0.970. The van der Waals surface area contributed by atoms with Crippen LogP contribution in [0.4, 0.5) is 0 Å². The van der Waals surface area contributed by atoms with Crippen LogP contribution >= 0.6 is 23.1 Å². The quantitative estimate of drug-likeness (QED) is 0.486. The molecule has 0 aliphatic carbocycles. The average Bonchev–Trinajstić information content (AvgIpc) is 3.29. The van der Waals surface area contributed by atoms with Gasteiger partial charge in [-0.3, -0.25) is 9.36 Å². The van der Waals surface area contributed by atoms with Gasteiger partial charge in [0.1, 0.15) is 0 Å². The highest BCUT2D eigenvalue weighted by Gasteiger charge is 2.21. The first-order valence-electron chi connectivity index (χ1n) is 9.91. The number of rotatable bonds is 8. The maximum absolute atomic E-state index is 12.5. The molecule has 29 heavy (non-hydrogen) atoms.